The number of carbonyl (C=O) groups excluding carboxylic acids is 2. The Labute approximate surface area is 213 Å². The molecule has 0 spiro atoms. The first-order chi connectivity index (χ1) is 17.0. The Balaban J connectivity index is 1.68. The third kappa shape index (κ3) is 6.97. The van der Waals surface area contributed by atoms with Crippen LogP contribution in [0.1, 0.15) is 59.5 Å². The first-order valence-corrected chi connectivity index (χ1v) is 12.6. The van der Waals surface area contributed by atoms with Crippen LogP contribution < -0.4 is 4.90 Å². The van der Waals surface area contributed by atoms with E-state index in [0.29, 0.717) is 25.0 Å². The number of nitrogens with zero attached hydrogens (tertiary/aromatic N) is 1. The molecule has 0 atom stereocenters. The molecule has 0 aliphatic heterocycles. The molecule has 4 nitrogen and oxygen atoms in total. The van der Waals surface area contributed by atoms with Crippen LogP contribution >= 0.6 is 11.3 Å². The van der Waals surface area contributed by atoms with Crippen LogP contribution in [0.25, 0.3) is 10.4 Å². The number of alkyl halides is 3. The summed E-state index contributed by atoms with van der Waals surface area (Å²) in [4.78, 5) is 28.3. The lowest BCUT2D eigenvalue weighted by atomic mass is 9.99. The minimum Gasteiger partial charge on any atom is -0.465 e. The number of Topliss-reactive ketones (excluding diaryl/α,β-unsaturated/α-hetero) is 1. The summed E-state index contributed by atoms with van der Waals surface area (Å²) in [5, 5.41) is 0. The van der Waals surface area contributed by atoms with E-state index in [4.69, 9.17) is 4.74 Å². The first kappa shape index (κ1) is 27.5. The van der Waals surface area contributed by atoms with Crippen molar-refractivity contribution in [3.8, 4) is 10.4 Å². The van der Waals surface area contributed by atoms with Gasteiger partial charge in [0, 0.05) is 34.5 Å². The molecule has 36 heavy (non-hydrogen) atoms. The van der Waals surface area contributed by atoms with Gasteiger partial charge in [-0.05, 0) is 72.9 Å². The summed E-state index contributed by atoms with van der Waals surface area (Å²) in [6, 6.07) is 14.3. The summed E-state index contributed by atoms with van der Waals surface area (Å²) in [6.45, 7) is 6.34. The van der Waals surface area contributed by atoms with E-state index in [1.165, 1.54) is 23.5 Å². The average Bonchev–Trinajstić information content (AvgIpc) is 3.27. The van der Waals surface area contributed by atoms with Crippen LogP contribution in [0.4, 0.5) is 18.9 Å². The molecule has 3 rings (SSSR count). The third-order valence-corrected chi connectivity index (χ3v) is 7.10. The van der Waals surface area contributed by atoms with Gasteiger partial charge in [0.2, 0.25) is 0 Å². The predicted octanol–water partition coefficient (Wildman–Crippen LogP) is 7.37. The van der Waals surface area contributed by atoms with E-state index < -0.39 is 11.7 Å². The molecule has 0 aliphatic carbocycles. The summed E-state index contributed by atoms with van der Waals surface area (Å²) in [6.07, 6.45) is -3.48. The van der Waals surface area contributed by atoms with Gasteiger partial charge < -0.3 is 9.64 Å². The van der Waals surface area contributed by atoms with Gasteiger partial charge in [-0.15, -0.1) is 11.3 Å². The minimum atomic E-state index is -4.36. The molecular formula is C28H30F3NO3S. The number of ether oxygens (including phenoxy) is 1. The van der Waals surface area contributed by atoms with E-state index in [1.807, 2.05) is 6.07 Å². The van der Waals surface area contributed by atoms with E-state index in [2.05, 4.69) is 13.8 Å². The number of anilines is 1. The highest BCUT2D eigenvalue weighted by molar-refractivity contribution is 7.15. The van der Waals surface area contributed by atoms with Crippen molar-refractivity contribution in [1.82, 2.24) is 0 Å². The molecule has 1 heterocycles. The Morgan fingerprint density at radius 2 is 1.67 bits per heavy atom. The number of carbonyl (C=O) groups is 2. The van der Waals surface area contributed by atoms with Crippen LogP contribution in [0.2, 0.25) is 0 Å². The maximum Gasteiger partial charge on any atom is 0.416 e. The fourth-order valence-corrected chi connectivity index (χ4v) is 5.18. The van der Waals surface area contributed by atoms with E-state index in [9.17, 15) is 22.8 Å². The quantitative estimate of drug-likeness (QED) is 0.208. The van der Waals surface area contributed by atoms with Crippen molar-refractivity contribution in [3.63, 3.8) is 0 Å². The number of likely N-dealkylation sites (N-methyl/N-ethyl adjacent to an activating group) is 1. The second kappa shape index (κ2) is 11.7. The number of aryl methyl sites for hydroxylation is 1. The van der Waals surface area contributed by atoms with E-state index in [0.717, 1.165) is 38.7 Å². The van der Waals surface area contributed by atoms with Crippen LogP contribution in [0, 0.1) is 0 Å². The summed E-state index contributed by atoms with van der Waals surface area (Å²) >= 11 is 1.52. The van der Waals surface area contributed by atoms with Crippen LogP contribution in [0.15, 0.2) is 54.6 Å². The smallest absolute Gasteiger partial charge is 0.416 e. The molecule has 0 aliphatic rings. The van der Waals surface area contributed by atoms with E-state index >= 15 is 0 Å². The number of hydrogen-bond donors (Lipinski definition) is 0. The molecular weight excluding hydrogens is 487 g/mol. The Hall–Kier alpha value is -3.13. The van der Waals surface area contributed by atoms with Crippen molar-refractivity contribution in [1.29, 1.82) is 0 Å². The Bertz CT molecular complexity index is 1180. The summed E-state index contributed by atoms with van der Waals surface area (Å²) in [5.74, 6) is -0.0785. The van der Waals surface area contributed by atoms with Gasteiger partial charge in [-0.25, -0.2) is 0 Å². The molecule has 0 saturated heterocycles. The van der Waals surface area contributed by atoms with E-state index in [1.54, 1.807) is 43.1 Å². The summed E-state index contributed by atoms with van der Waals surface area (Å²) < 4.78 is 43.7. The van der Waals surface area contributed by atoms with Crippen molar-refractivity contribution in [2.75, 3.05) is 25.1 Å². The van der Waals surface area contributed by atoms with Gasteiger partial charge in [0.15, 0.2) is 5.78 Å². The number of hydrogen-bond acceptors (Lipinski definition) is 5. The Morgan fingerprint density at radius 1 is 1.03 bits per heavy atom. The molecule has 0 N–H and O–H groups in total. The van der Waals surface area contributed by atoms with Crippen molar-refractivity contribution < 1.29 is 27.5 Å². The second-order valence-electron chi connectivity index (χ2n) is 8.85. The number of thiophene rings is 1. The average molecular weight is 518 g/mol. The highest BCUT2D eigenvalue weighted by Gasteiger charge is 2.30. The van der Waals surface area contributed by atoms with Gasteiger partial charge in [0.25, 0.3) is 0 Å². The topological polar surface area (TPSA) is 46.6 Å². The molecule has 192 valence electrons. The number of rotatable bonds is 10. The van der Waals surface area contributed by atoms with Gasteiger partial charge >= 0.3 is 12.1 Å². The Kier molecular flexibility index (Phi) is 8.95. The second-order valence-corrected chi connectivity index (χ2v) is 9.99. The van der Waals surface area contributed by atoms with Gasteiger partial charge in [-0.3, -0.25) is 9.59 Å². The highest BCUT2D eigenvalue weighted by Crippen LogP contribution is 2.37. The third-order valence-electron chi connectivity index (χ3n) is 5.84. The SMILES string of the molecule is CCOC(=O)CN(C)c1ccc(C(=O)CCc2sc(-c3ccc(C(F)(F)F)cc3)cc2C(C)C)cc1. The molecule has 0 saturated carbocycles. The summed E-state index contributed by atoms with van der Waals surface area (Å²) in [7, 11) is 1.78. The van der Waals surface area contributed by atoms with Gasteiger partial charge in [0.05, 0.1) is 12.2 Å². The minimum absolute atomic E-state index is 0.00813. The van der Waals surface area contributed by atoms with Gasteiger partial charge in [0.1, 0.15) is 6.54 Å². The lowest BCUT2D eigenvalue weighted by Gasteiger charge is -2.18. The zero-order chi connectivity index (χ0) is 26.5. The van der Waals surface area contributed by atoms with E-state index in [-0.39, 0.29) is 24.2 Å². The molecule has 8 heteroatoms. The fraction of sp³-hybridized carbons (Fsp3) is 0.357. The van der Waals surface area contributed by atoms with Crippen LogP contribution in [-0.4, -0.2) is 32.0 Å². The van der Waals surface area contributed by atoms with Gasteiger partial charge in [-0.2, -0.15) is 13.2 Å². The molecule has 2 aromatic carbocycles. The molecule has 3 aromatic rings. The van der Waals surface area contributed by atoms with Crippen molar-refractivity contribution in [2.45, 2.75) is 45.7 Å². The molecule has 0 fully saturated rings. The van der Waals surface area contributed by atoms with Crippen molar-refractivity contribution >= 4 is 28.8 Å². The number of halogens is 3. The Morgan fingerprint density at radius 3 is 2.22 bits per heavy atom. The number of ketones is 1. The van der Waals surface area contributed by atoms with Crippen LogP contribution in [-0.2, 0) is 22.1 Å². The number of benzene rings is 2. The molecule has 0 amide bonds. The maximum atomic E-state index is 12.9. The zero-order valence-electron chi connectivity index (χ0n) is 20.8. The summed E-state index contributed by atoms with van der Waals surface area (Å²) in [5.41, 5.74) is 2.57. The standard InChI is InChI=1S/C28H30F3NO3S/c1-5-35-27(34)17-32(4)22-12-8-19(9-13-22)24(33)14-15-25-23(18(2)3)16-26(36-25)20-6-10-21(11-7-20)28(29,30)31/h6-13,16,18H,5,14-15,17H2,1-4H3. The van der Waals surface area contributed by atoms with Crippen molar-refractivity contribution in [3.05, 3.63) is 76.2 Å². The van der Waals surface area contributed by atoms with Crippen LogP contribution in [0.5, 0.6) is 0 Å². The molecule has 1 aromatic heterocycles. The lowest BCUT2D eigenvalue weighted by molar-refractivity contribution is -0.141. The molecule has 0 unspecified atom stereocenters. The fourth-order valence-electron chi connectivity index (χ4n) is 3.86. The number of esters is 1. The normalized spacial score (nSPS) is 11.6. The van der Waals surface area contributed by atoms with Gasteiger partial charge in [-0.1, -0.05) is 26.0 Å². The monoisotopic (exact) mass is 517 g/mol. The van der Waals surface area contributed by atoms with Crippen molar-refractivity contribution in [2.24, 2.45) is 0 Å². The molecule has 0 bridgehead atoms. The predicted molar refractivity (Wildman–Crippen MR) is 138 cm³/mol. The van der Waals surface area contributed by atoms with Crippen LogP contribution in [0.3, 0.4) is 0 Å². The first-order valence-electron chi connectivity index (χ1n) is 11.8. The zero-order valence-corrected chi connectivity index (χ0v) is 21.6. The molecule has 0 radical (unpaired) electrons. The highest BCUT2D eigenvalue weighted by atomic mass is 32.1. The lowest BCUT2D eigenvalue weighted by Crippen LogP contribution is -2.27. The maximum absolute atomic E-state index is 12.9. The largest absolute Gasteiger partial charge is 0.465 e.